The van der Waals surface area contributed by atoms with Gasteiger partial charge in [0.05, 0.1) is 28.9 Å². The first-order valence-corrected chi connectivity index (χ1v) is 15.2. The number of β-amino-alcohol motifs (C(OH)–C–C–N with tert-alkyl or cyclic N) is 1. The van der Waals surface area contributed by atoms with E-state index in [0.29, 0.717) is 49.6 Å². The van der Waals surface area contributed by atoms with Crippen molar-refractivity contribution in [3.8, 4) is 0 Å². The Balaban J connectivity index is 1.25. The number of hydrogen-bond acceptors (Lipinski definition) is 8. The summed E-state index contributed by atoms with van der Waals surface area (Å²) in [5, 5.41) is 9.75. The number of carbonyl (C=O) groups is 1. The molecule has 5 heterocycles. The van der Waals surface area contributed by atoms with Gasteiger partial charge in [0.1, 0.15) is 34.5 Å². The van der Waals surface area contributed by atoms with E-state index in [9.17, 15) is 27.1 Å². The number of halogens is 2. The summed E-state index contributed by atoms with van der Waals surface area (Å²) in [6, 6.07) is 9.59. The molecule has 9 nitrogen and oxygen atoms in total. The number of piperidine rings is 1. The van der Waals surface area contributed by atoms with Gasteiger partial charge in [0.15, 0.2) is 15.6 Å². The van der Waals surface area contributed by atoms with Gasteiger partial charge in [0.2, 0.25) is 0 Å². The number of nitrogens with zero attached hydrogens (tertiary/aromatic N) is 5. The second kappa shape index (κ2) is 10.8. The van der Waals surface area contributed by atoms with Gasteiger partial charge in [-0.3, -0.25) is 9.20 Å². The van der Waals surface area contributed by atoms with Crippen LogP contribution in [0.5, 0.6) is 0 Å². The average Bonchev–Trinajstić information content (AvgIpc) is 3.60. The fraction of sp³-hybridized carbons (Fsp3) is 0.345. The second-order valence-corrected chi connectivity index (χ2v) is 12.5. The van der Waals surface area contributed by atoms with E-state index in [4.69, 9.17) is 0 Å². The van der Waals surface area contributed by atoms with Crippen LogP contribution in [0.3, 0.4) is 0 Å². The molecule has 0 radical (unpaired) electrons. The fourth-order valence-corrected chi connectivity index (χ4v) is 6.85. The van der Waals surface area contributed by atoms with Crippen molar-refractivity contribution >= 4 is 32.8 Å². The number of rotatable bonds is 7. The third kappa shape index (κ3) is 5.41. The van der Waals surface area contributed by atoms with Gasteiger partial charge in [-0.1, -0.05) is 0 Å². The molecule has 214 valence electrons. The molecule has 2 aliphatic rings. The lowest BCUT2D eigenvalue weighted by molar-refractivity contribution is 0.101. The van der Waals surface area contributed by atoms with Gasteiger partial charge >= 0.3 is 0 Å². The minimum atomic E-state index is -4.00. The lowest BCUT2D eigenvalue weighted by atomic mass is 9.94. The minimum Gasteiger partial charge on any atom is -0.391 e. The van der Waals surface area contributed by atoms with E-state index in [1.165, 1.54) is 24.5 Å². The lowest BCUT2D eigenvalue weighted by Crippen LogP contribution is -2.34. The van der Waals surface area contributed by atoms with E-state index in [0.717, 1.165) is 25.0 Å². The Morgan fingerprint density at radius 2 is 1.85 bits per heavy atom. The number of Topliss-reactive ketones (excluding diaryl/α,β-unsaturated/α-hetero) is 1. The number of carbonyl (C=O) groups excluding carboxylic acids is 1. The smallest absolute Gasteiger partial charge is 0.196 e. The van der Waals surface area contributed by atoms with E-state index in [-0.39, 0.29) is 22.2 Å². The zero-order valence-electron chi connectivity index (χ0n) is 22.2. The van der Waals surface area contributed by atoms with Crippen LogP contribution in [0.2, 0.25) is 0 Å². The Bertz CT molecular complexity index is 1710. The van der Waals surface area contributed by atoms with Gasteiger partial charge in [-0.15, -0.1) is 0 Å². The first-order valence-electron chi connectivity index (χ1n) is 13.5. The summed E-state index contributed by atoms with van der Waals surface area (Å²) in [6.07, 6.45) is 6.82. The summed E-state index contributed by atoms with van der Waals surface area (Å²) in [6.45, 7) is 1.67. The monoisotopic (exact) mass is 581 g/mol. The van der Waals surface area contributed by atoms with Gasteiger partial charge in [-0.2, -0.15) is 0 Å². The highest BCUT2D eigenvalue weighted by molar-refractivity contribution is 7.92. The Labute approximate surface area is 236 Å². The van der Waals surface area contributed by atoms with Crippen LogP contribution in [-0.2, 0) is 9.84 Å². The Morgan fingerprint density at radius 1 is 1.00 bits per heavy atom. The zero-order valence-corrected chi connectivity index (χ0v) is 23.0. The summed E-state index contributed by atoms with van der Waals surface area (Å²) in [5.41, 5.74) is 1.52. The van der Waals surface area contributed by atoms with Crippen molar-refractivity contribution in [3.05, 3.63) is 83.9 Å². The van der Waals surface area contributed by atoms with Crippen molar-refractivity contribution in [3.63, 3.8) is 0 Å². The number of benzene rings is 1. The second-order valence-electron chi connectivity index (χ2n) is 10.6. The molecule has 0 amide bonds. The van der Waals surface area contributed by atoms with Crippen LogP contribution >= 0.6 is 0 Å². The molecular weight excluding hydrogens is 552 g/mol. The third-order valence-electron chi connectivity index (χ3n) is 7.82. The Morgan fingerprint density at radius 3 is 2.61 bits per heavy atom. The van der Waals surface area contributed by atoms with E-state index >= 15 is 0 Å². The number of sulfone groups is 1. The predicted molar refractivity (Wildman–Crippen MR) is 149 cm³/mol. The first kappa shape index (κ1) is 27.3. The number of hydrogen-bond donors (Lipinski definition) is 1. The average molecular weight is 582 g/mol. The molecule has 2 fully saturated rings. The summed E-state index contributed by atoms with van der Waals surface area (Å²) >= 11 is 0. The molecule has 41 heavy (non-hydrogen) atoms. The molecule has 0 saturated carbocycles. The molecule has 2 saturated heterocycles. The number of ketones is 1. The van der Waals surface area contributed by atoms with Crippen LogP contribution in [0.1, 0.15) is 47.8 Å². The van der Waals surface area contributed by atoms with E-state index < -0.39 is 39.1 Å². The highest BCUT2D eigenvalue weighted by Gasteiger charge is 2.29. The van der Waals surface area contributed by atoms with Crippen LogP contribution < -0.4 is 9.80 Å². The quantitative estimate of drug-likeness (QED) is 0.327. The first-order chi connectivity index (χ1) is 19.7. The molecular formula is C29H29F2N5O4S. The number of pyridine rings is 2. The van der Waals surface area contributed by atoms with Crippen LogP contribution in [0, 0.1) is 11.6 Å². The molecule has 3 aromatic heterocycles. The Kier molecular flexibility index (Phi) is 7.20. The van der Waals surface area contributed by atoms with Crippen molar-refractivity contribution in [2.75, 3.05) is 35.2 Å². The maximum atomic E-state index is 14.7. The predicted octanol–water partition coefficient (Wildman–Crippen LogP) is 3.97. The fourth-order valence-electron chi connectivity index (χ4n) is 5.70. The SMILES string of the molecule is O=C(CS(=O)(=O)c1ccc(N2CC[C@H](O)C2)nc1)c1cnc2ccc(N3CCCCC3c3cc(F)ccc3F)cn12. The van der Waals surface area contributed by atoms with Crippen LogP contribution in [0.25, 0.3) is 5.65 Å². The molecule has 12 heteroatoms. The van der Waals surface area contributed by atoms with Gasteiger partial charge in [0, 0.05) is 37.6 Å². The lowest BCUT2D eigenvalue weighted by Gasteiger charge is -2.38. The molecule has 1 unspecified atom stereocenters. The highest BCUT2D eigenvalue weighted by Crippen LogP contribution is 2.36. The molecule has 2 atom stereocenters. The van der Waals surface area contributed by atoms with Crippen molar-refractivity contribution in [2.45, 2.75) is 42.7 Å². The normalized spacial score (nSPS) is 19.7. The van der Waals surface area contributed by atoms with Gasteiger partial charge in [-0.25, -0.2) is 27.2 Å². The summed E-state index contributed by atoms with van der Waals surface area (Å²) in [4.78, 5) is 25.6. The van der Waals surface area contributed by atoms with Crippen LogP contribution in [0.15, 0.2) is 66.0 Å². The topological polar surface area (TPSA) is 108 Å². The zero-order chi connectivity index (χ0) is 28.7. The highest BCUT2D eigenvalue weighted by atomic mass is 32.2. The maximum Gasteiger partial charge on any atom is 0.196 e. The number of aromatic nitrogens is 3. The molecule has 1 N–H and O–H groups in total. The van der Waals surface area contributed by atoms with Gasteiger partial charge in [0.25, 0.3) is 0 Å². The van der Waals surface area contributed by atoms with Crippen molar-refractivity contribution in [1.82, 2.24) is 14.4 Å². The van der Waals surface area contributed by atoms with Gasteiger partial charge < -0.3 is 14.9 Å². The van der Waals surface area contributed by atoms with E-state index in [1.54, 1.807) is 22.7 Å². The molecule has 1 aromatic carbocycles. The van der Waals surface area contributed by atoms with Gasteiger partial charge in [-0.05, 0) is 68.1 Å². The van der Waals surface area contributed by atoms with E-state index in [1.807, 2.05) is 15.9 Å². The minimum absolute atomic E-state index is 0.0721. The molecule has 0 spiro atoms. The maximum absolute atomic E-state index is 14.7. The number of fused-ring (bicyclic) bond motifs is 1. The van der Waals surface area contributed by atoms with Crippen molar-refractivity contribution in [1.29, 1.82) is 0 Å². The largest absolute Gasteiger partial charge is 0.391 e. The standard InChI is InChI=1S/C29H29F2N5O4S/c30-19-4-7-24(31)23(13-19)25-3-1-2-11-35(25)20-5-8-29-33-15-26(36(29)16-20)27(38)18-41(39,40)22-6-9-28(32-14-22)34-12-10-21(37)17-34/h4-9,13-16,21,25,37H,1-3,10-12,17-18H2/t21-,25?/m0/s1. The van der Waals surface area contributed by atoms with E-state index in [2.05, 4.69) is 9.97 Å². The molecule has 4 aromatic rings. The number of aliphatic hydroxyl groups is 1. The van der Waals surface area contributed by atoms with Crippen molar-refractivity contribution < 1.29 is 27.1 Å². The van der Waals surface area contributed by atoms with Crippen molar-refractivity contribution in [2.24, 2.45) is 0 Å². The Hall–Kier alpha value is -3.90. The number of anilines is 2. The number of imidazole rings is 1. The third-order valence-corrected chi connectivity index (χ3v) is 9.42. The summed E-state index contributed by atoms with van der Waals surface area (Å²) in [5.74, 6) is -1.82. The molecule has 6 rings (SSSR count). The summed E-state index contributed by atoms with van der Waals surface area (Å²) < 4.78 is 56.5. The summed E-state index contributed by atoms with van der Waals surface area (Å²) in [7, 11) is -4.00. The molecule has 2 aliphatic heterocycles. The van der Waals surface area contributed by atoms with Crippen LogP contribution in [-0.4, -0.2) is 65.2 Å². The van der Waals surface area contributed by atoms with Crippen LogP contribution in [0.4, 0.5) is 20.3 Å². The molecule has 0 aliphatic carbocycles. The number of aliphatic hydroxyl groups excluding tert-OH is 1. The molecule has 0 bridgehead atoms.